The van der Waals surface area contributed by atoms with E-state index in [9.17, 15) is 9.59 Å². The van der Waals surface area contributed by atoms with Gasteiger partial charge in [-0.1, -0.05) is 43.0 Å². The molecule has 1 aromatic rings. The van der Waals surface area contributed by atoms with E-state index in [1.807, 2.05) is 29.2 Å². The number of carbonyl (C=O) groups is 2. The molecular formula is C21H29ClN2O2S. The molecule has 1 N–H and O–H groups in total. The summed E-state index contributed by atoms with van der Waals surface area (Å²) in [6.07, 6.45) is 7.49. The van der Waals surface area contributed by atoms with E-state index in [1.54, 1.807) is 11.8 Å². The van der Waals surface area contributed by atoms with Gasteiger partial charge in [0.15, 0.2) is 0 Å². The third-order valence-corrected chi connectivity index (χ3v) is 6.76. The Morgan fingerprint density at radius 1 is 1.11 bits per heavy atom. The van der Waals surface area contributed by atoms with Gasteiger partial charge in [-0.15, -0.1) is 11.8 Å². The first-order valence-corrected chi connectivity index (χ1v) is 11.6. The van der Waals surface area contributed by atoms with Crippen molar-refractivity contribution in [3.63, 3.8) is 0 Å². The molecule has 3 rings (SSSR count). The third kappa shape index (κ3) is 6.42. The quantitative estimate of drug-likeness (QED) is 0.765. The maximum Gasteiger partial charge on any atom is 0.230 e. The predicted molar refractivity (Wildman–Crippen MR) is 112 cm³/mol. The molecule has 0 unspecified atom stereocenters. The highest BCUT2D eigenvalue weighted by Gasteiger charge is 2.29. The number of thioether (sulfide) groups is 1. The molecule has 6 heteroatoms. The molecule has 2 amide bonds. The van der Waals surface area contributed by atoms with Crippen molar-refractivity contribution in [1.29, 1.82) is 0 Å². The van der Waals surface area contributed by atoms with E-state index in [2.05, 4.69) is 5.32 Å². The molecule has 0 atom stereocenters. The number of benzene rings is 1. The molecule has 1 saturated carbocycles. The number of hydrogen-bond acceptors (Lipinski definition) is 3. The van der Waals surface area contributed by atoms with Crippen molar-refractivity contribution in [2.45, 2.75) is 56.7 Å². The average molecular weight is 409 g/mol. The van der Waals surface area contributed by atoms with Crippen LogP contribution in [-0.2, 0) is 15.3 Å². The van der Waals surface area contributed by atoms with Crippen molar-refractivity contribution in [1.82, 2.24) is 10.2 Å². The molecule has 2 aliphatic rings. The second-order valence-corrected chi connectivity index (χ2v) is 9.05. The minimum Gasteiger partial charge on any atom is -0.353 e. The van der Waals surface area contributed by atoms with Crippen molar-refractivity contribution in [2.24, 2.45) is 5.92 Å². The minimum absolute atomic E-state index is 0.0825. The molecule has 0 spiro atoms. The first kappa shape index (κ1) is 20.5. The molecule has 1 aliphatic heterocycles. The summed E-state index contributed by atoms with van der Waals surface area (Å²) in [5.74, 6) is 1.90. The van der Waals surface area contributed by atoms with E-state index < -0.39 is 0 Å². The maximum atomic E-state index is 12.6. The van der Waals surface area contributed by atoms with Gasteiger partial charge < -0.3 is 10.2 Å². The van der Waals surface area contributed by atoms with Crippen LogP contribution in [0.2, 0.25) is 5.02 Å². The SMILES string of the molecule is O=C(CSCc1cccc(Cl)c1)NC1CCN(C(=O)C2CCCCC2)CC1. The Bertz CT molecular complexity index is 641. The Labute approximate surface area is 171 Å². The Balaban J connectivity index is 1.33. The van der Waals surface area contributed by atoms with Gasteiger partial charge in [0.25, 0.3) is 0 Å². The summed E-state index contributed by atoms with van der Waals surface area (Å²) in [5.41, 5.74) is 1.13. The molecule has 4 nitrogen and oxygen atoms in total. The van der Waals surface area contributed by atoms with Gasteiger partial charge in [-0.2, -0.15) is 0 Å². The monoisotopic (exact) mass is 408 g/mol. The van der Waals surface area contributed by atoms with Crippen LogP contribution >= 0.6 is 23.4 Å². The molecule has 1 aromatic carbocycles. The Hall–Kier alpha value is -1.20. The number of piperidine rings is 1. The highest BCUT2D eigenvalue weighted by molar-refractivity contribution is 7.99. The highest BCUT2D eigenvalue weighted by Crippen LogP contribution is 2.26. The van der Waals surface area contributed by atoms with Crippen LogP contribution in [0.25, 0.3) is 0 Å². The molecule has 148 valence electrons. The van der Waals surface area contributed by atoms with Crippen molar-refractivity contribution in [2.75, 3.05) is 18.8 Å². The zero-order valence-corrected chi connectivity index (χ0v) is 17.4. The van der Waals surface area contributed by atoms with E-state index >= 15 is 0 Å². The Morgan fingerprint density at radius 3 is 2.56 bits per heavy atom. The lowest BCUT2D eigenvalue weighted by Crippen LogP contribution is -2.48. The van der Waals surface area contributed by atoms with Crippen LogP contribution in [0.3, 0.4) is 0 Å². The highest BCUT2D eigenvalue weighted by atomic mass is 35.5. The molecule has 0 radical (unpaired) electrons. The lowest BCUT2D eigenvalue weighted by Gasteiger charge is -2.35. The van der Waals surface area contributed by atoms with Gasteiger partial charge in [0.1, 0.15) is 0 Å². The largest absolute Gasteiger partial charge is 0.353 e. The predicted octanol–water partition coefficient (Wildman–Crippen LogP) is 4.26. The van der Waals surface area contributed by atoms with Crippen LogP contribution in [0.15, 0.2) is 24.3 Å². The Morgan fingerprint density at radius 2 is 1.85 bits per heavy atom. The first-order valence-electron chi connectivity index (χ1n) is 10.0. The number of nitrogens with one attached hydrogen (secondary N) is 1. The fourth-order valence-electron chi connectivity index (χ4n) is 4.01. The molecule has 27 heavy (non-hydrogen) atoms. The minimum atomic E-state index is 0.0825. The second kappa shape index (κ2) is 10.4. The molecule has 0 aromatic heterocycles. The summed E-state index contributed by atoms with van der Waals surface area (Å²) in [7, 11) is 0. The zero-order chi connectivity index (χ0) is 19.1. The second-order valence-electron chi connectivity index (χ2n) is 7.62. The number of amides is 2. The van der Waals surface area contributed by atoms with Crippen molar-refractivity contribution in [3.05, 3.63) is 34.9 Å². The zero-order valence-electron chi connectivity index (χ0n) is 15.8. The van der Waals surface area contributed by atoms with Crippen LogP contribution in [-0.4, -0.2) is 41.6 Å². The van der Waals surface area contributed by atoms with Crippen LogP contribution < -0.4 is 5.32 Å². The topological polar surface area (TPSA) is 49.4 Å². The number of rotatable bonds is 6. The van der Waals surface area contributed by atoms with Crippen LogP contribution in [0.5, 0.6) is 0 Å². The van der Waals surface area contributed by atoms with Crippen molar-refractivity contribution >= 4 is 35.2 Å². The van der Waals surface area contributed by atoms with Gasteiger partial charge in [0.2, 0.25) is 11.8 Å². The van der Waals surface area contributed by atoms with Gasteiger partial charge in [-0.25, -0.2) is 0 Å². The van der Waals surface area contributed by atoms with Gasteiger partial charge >= 0.3 is 0 Å². The molecule has 1 aliphatic carbocycles. The summed E-state index contributed by atoms with van der Waals surface area (Å²) in [4.78, 5) is 26.8. The summed E-state index contributed by atoms with van der Waals surface area (Å²) < 4.78 is 0. The summed E-state index contributed by atoms with van der Waals surface area (Å²) in [6, 6.07) is 7.94. The molecule has 2 fully saturated rings. The number of likely N-dealkylation sites (tertiary alicyclic amines) is 1. The van der Waals surface area contributed by atoms with E-state index in [-0.39, 0.29) is 17.9 Å². The maximum absolute atomic E-state index is 12.6. The standard InChI is InChI=1S/C21H29ClN2O2S/c22-18-8-4-5-16(13-18)14-27-15-20(25)23-19-9-11-24(12-10-19)21(26)17-6-2-1-3-7-17/h4-5,8,13,17,19H,1-3,6-7,9-12,14-15H2,(H,23,25). The normalized spacial score (nSPS) is 19.1. The fourth-order valence-corrected chi connectivity index (χ4v) is 5.01. The van der Waals surface area contributed by atoms with Crippen LogP contribution in [0.4, 0.5) is 0 Å². The van der Waals surface area contributed by atoms with Gasteiger partial charge in [0.05, 0.1) is 5.75 Å². The van der Waals surface area contributed by atoms with Crippen LogP contribution in [0.1, 0.15) is 50.5 Å². The summed E-state index contributed by atoms with van der Waals surface area (Å²) in [6.45, 7) is 1.55. The lowest BCUT2D eigenvalue weighted by molar-refractivity contribution is -0.137. The Kier molecular flexibility index (Phi) is 7.89. The molecule has 1 heterocycles. The van der Waals surface area contributed by atoms with E-state index in [1.165, 1.54) is 19.3 Å². The summed E-state index contributed by atoms with van der Waals surface area (Å²) >= 11 is 7.58. The lowest BCUT2D eigenvalue weighted by atomic mass is 9.87. The van der Waals surface area contributed by atoms with Gasteiger partial charge in [0, 0.05) is 35.8 Å². The van der Waals surface area contributed by atoms with Crippen molar-refractivity contribution in [3.8, 4) is 0 Å². The number of carbonyl (C=O) groups excluding carboxylic acids is 2. The van der Waals surface area contributed by atoms with Crippen LogP contribution in [0, 0.1) is 5.92 Å². The third-order valence-electron chi connectivity index (χ3n) is 5.52. The smallest absolute Gasteiger partial charge is 0.230 e. The molecule has 0 bridgehead atoms. The van der Waals surface area contributed by atoms with Gasteiger partial charge in [-0.05, 0) is 43.4 Å². The summed E-state index contributed by atoms with van der Waals surface area (Å²) in [5, 5.41) is 3.86. The average Bonchev–Trinajstić information content (AvgIpc) is 2.69. The van der Waals surface area contributed by atoms with E-state index in [0.717, 1.165) is 55.1 Å². The van der Waals surface area contributed by atoms with Crippen molar-refractivity contribution < 1.29 is 9.59 Å². The molecule has 1 saturated heterocycles. The number of nitrogens with zero attached hydrogens (tertiary/aromatic N) is 1. The first-order chi connectivity index (χ1) is 13.1. The van der Waals surface area contributed by atoms with E-state index in [0.29, 0.717) is 11.7 Å². The van der Waals surface area contributed by atoms with Gasteiger partial charge in [-0.3, -0.25) is 9.59 Å². The van der Waals surface area contributed by atoms with E-state index in [4.69, 9.17) is 11.6 Å². The fraction of sp³-hybridized carbons (Fsp3) is 0.619. The number of halogens is 1. The molecular weight excluding hydrogens is 380 g/mol. The number of hydrogen-bond donors (Lipinski definition) is 1.